The molecule has 22 heavy (non-hydrogen) atoms. The number of rotatable bonds is 2. The van der Waals surface area contributed by atoms with Crippen molar-refractivity contribution < 1.29 is 4.79 Å². The molecule has 1 N–H and O–H groups in total. The Morgan fingerprint density at radius 1 is 1.14 bits per heavy atom. The number of amides is 1. The van der Waals surface area contributed by atoms with E-state index in [-0.39, 0.29) is 5.91 Å². The maximum absolute atomic E-state index is 11.8. The highest BCUT2D eigenvalue weighted by Gasteiger charge is 2.13. The van der Waals surface area contributed by atoms with E-state index in [9.17, 15) is 4.79 Å². The topological polar surface area (TPSA) is 42.0 Å². The summed E-state index contributed by atoms with van der Waals surface area (Å²) < 4.78 is 0. The van der Waals surface area contributed by atoms with Gasteiger partial charge < -0.3 is 5.32 Å². The first kappa shape index (κ1) is 19.6. The van der Waals surface area contributed by atoms with E-state index in [2.05, 4.69) is 37.3 Å². The van der Waals surface area contributed by atoms with Gasteiger partial charge >= 0.3 is 0 Å². The van der Waals surface area contributed by atoms with Gasteiger partial charge in [-0.05, 0) is 24.6 Å². The van der Waals surface area contributed by atoms with Crippen LogP contribution in [0.2, 0.25) is 0 Å². The molecule has 3 nitrogen and oxygen atoms in total. The van der Waals surface area contributed by atoms with Crippen molar-refractivity contribution in [2.24, 2.45) is 0 Å². The fraction of sp³-hybridized carbons (Fsp3) is 0.263. The first-order chi connectivity index (χ1) is 10.7. The third kappa shape index (κ3) is 5.52. The van der Waals surface area contributed by atoms with Crippen LogP contribution in [0.1, 0.15) is 36.2 Å². The number of aryl methyl sites for hydroxylation is 1. The highest BCUT2D eigenvalue weighted by Crippen LogP contribution is 2.24. The van der Waals surface area contributed by atoms with Crippen molar-refractivity contribution in [1.29, 1.82) is 0 Å². The summed E-state index contributed by atoms with van der Waals surface area (Å²) in [6, 6.07) is 11.5. The van der Waals surface area contributed by atoms with Crippen LogP contribution < -0.4 is 5.32 Å². The van der Waals surface area contributed by atoms with Gasteiger partial charge in [-0.1, -0.05) is 44.5 Å². The second kappa shape index (κ2) is 11.3. The molecule has 0 aliphatic heterocycles. The zero-order valence-electron chi connectivity index (χ0n) is 14.0. The highest BCUT2D eigenvalue weighted by atomic mass is 16.1. The van der Waals surface area contributed by atoms with Gasteiger partial charge in [0.15, 0.2) is 0 Å². The zero-order chi connectivity index (χ0) is 17.0. The molecule has 118 valence electrons. The van der Waals surface area contributed by atoms with Crippen LogP contribution in [0.15, 0.2) is 55.8 Å². The van der Waals surface area contributed by atoms with E-state index >= 15 is 0 Å². The minimum absolute atomic E-state index is 0.114. The third-order valence-corrected chi connectivity index (χ3v) is 2.68. The van der Waals surface area contributed by atoms with E-state index < -0.39 is 0 Å². The van der Waals surface area contributed by atoms with Crippen LogP contribution in [0.3, 0.4) is 0 Å². The summed E-state index contributed by atoms with van der Waals surface area (Å²) in [5.74, 6) is -0.114. The van der Waals surface area contributed by atoms with Gasteiger partial charge in [0.25, 0.3) is 5.91 Å². The summed E-state index contributed by atoms with van der Waals surface area (Å²) in [4.78, 5) is 16.1. The predicted octanol–water partition coefficient (Wildman–Crippen LogP) is 4.64. The van der Waals surface area contributed by atoms with Gasteiger partial charge in [-0.2, -0.15) is 0 Å². The van der Waals surface area contributed by atoms with E-state index in [0.717, 1.165) is 16.8 Å². The first-order valence-corrected chi connectivity index (χ1v) is 7.38. The normalized spacial score (nSPS) is 8.73. The SMILES string of the molecule is C=C.CCC.CNC(=O)c1cccnc1-c1ccccc1C. The molecule has 1 amide bonds. The fourth-order valence-electron chi connectivity index (χ4n) is 1.78. The molecule has 1 heterocycles. The molecule has 0 spiro atoms. The number of nitrogens with zero attached hydrogens (tertiary/aromatic N) is 1. The van der Waals surface area contributed by atoms with Crippen molar-refractivity contribution in [3.8, 4) is 11.3 Å². The molecule has 0 aliphatic carbocycles. The van der Waals surface area contributed by atoms with Crippen LogP contribution in [-0.2, 0) is 0 Å². The molecule has 0 atom stereocenters. The van der Waals surface area contributed by atoms with Gasteiger partial charge in [0.1, 0.15) is 0 Å². The number of hydrogen-bond acceptors (Lipinski definition) is 2. The summed E-state index contributed by atoms with van der Waals surface area (Å²) in [7, 11) is 1.62. The lowest BCUT2D eigenvalue weighted by Crippen LogP contribution is -2.19. The van der Waals surface area contributed by atoms with Crippen molar-refractivity contribution in [3.05, 3.63) is 66.9 Å². The van der Waals surface area contributed by atoms with Gasteiger partial charge in [0.05, 0.1) is 11.3 Å². The molecule has 3 heteroatoms. The summed E-state index contributed by atoms with van der Waals surface area (Å²) in [5.41, 5.74) is 3.43. The number of benzene rings is 1. The predicted molar refractivity (Wildman–Crippen MR) is 95.0 cm³/mol. The maximum atomic E-state index is 11.8. The zero-order valence-corrected chi connectivity index (χ0v) is 14.0. The van der Waals surface area contributed by atoms with Gasteiger partial charge in [-0.25, -0.2) is 0 Å². The summed E-state index contributed by atoms with van der Waals surface area (Å²) >= 11 is 0. The quantitative estimate of drug-likeness (QED) is 0.821. The number of aromatic nitrogens is 1. The van der Waals surface area contributed by atoms with E-state index in [1.807, 2.05) is 31.2 Å². The number of hydrogen-bond donors (Lipinski definition) is 1. The molecule has 2 rings (SSSR count). The van der Waals surface area contributed by atoms with Crippen LogP contribution in [0, 0.1) is 6.92 Å². The molecule has 1 aromatic heterocycles. The Morgan fingerprint density at radius 3 is 2.27 bits per heavy atom. The lowest BCUT2D eigenvalue weighted by Gasteiger charge is -2.09. The molecular formula is C19H26N2O. The smallest absolute Gasteiger partial charge is 0.253 e. The standard InChI is InChI=1S/C14H14N2O.C3H8.C2H4/c1-10-6-3-4-7-11(10)13-12(14(17)15-2)8-5-9-16-13;1-3-2;1-2/h3-9H,1-2H3,(H,15,17);3H2,1-2H3;1-2H2. The average Bonchev–Trinajstić information content (AvgIpc) is 2.57. The molecule has 0 saturated carbocycles. The number of carbonyl (C=O) groups excluding carboxylic acids is 1. The van der Waals surface area contributed by atoms with Crippen LogP contribution in [0.4, 0.5) is 0 Å². The monoisotopic (exact) mass is 298 g/mol. The molecule has 2 aromatic rings. The van der Waals surface area contributed by atoms with Crippen molar-refractivity contribution in [3.63, 3.8) is 0 Å². The fourth-order valence-corrected chi connectivity index (χ4v) is 1.78. The lowest BCUT2D eigenvalue weighted by molar-refractivity contribution is 0.0963. The van der Waals surface area contributed by atoms with Gasteiger partial charge in [-0.15, -0.1) is 13.2 Å². The molecule has 1 aromatic carbocycles. The number of pyridine rings is 1. The van der Waals surface area contributed by atoms with E-state index in [1.54, 1.807) is 25.4 Å². The van der Waals surface area contributed by atoms with E-state index in [0.29, 0.717) is 5.56 Å². The van der Waals surface area contributed by atoms with Crippen LogP contribution in [-0.4, -0.2) is 17.9 Å². The average molecular weight is 298 g/mol. The Kier molecular flexibility index (Phi) is 10.0. The van der Waals surface area contributed by atoms with Crippen LogP contribution >= 0.6 is 0 Å². The summed E-state index contributed by atoms with van der Waals surface area (Å²) in [6.45, 7) is 12.3. The summed E-state index contributed by atoms with van der Waals surface area (Å²) in [5, 5.41) is 2.63. The number of nitrogens with one attached hydrogen (secondary N) is 1. The van der Waals surface area contributed by atoms with Gasteiger partial charge in [0.2, 0.25) is 0 Å². The largest absolute Gasteiger partial charge is 0.355 e. The molecule has 0 saturated heterocycles. The number of carbonyl (C=O) groups is 1. The molecule has 0 unspecified atom stereocenters. The highest BCUT2D eigenvalue weighted by molar-refractivity contribution is 5.99. The lowest BCUT2D eigenvalue weighted by atomic mass is 10.0. The van der Waals surface area contributed by atoms with Gasteiger partial charge in [-0.3, -0.25) is 9.78 Å². The molecule has 0 aliphatic rings. The molecule has 0 bridgehead atoms. The Bertz CT molecular complexity index is 579. The van der Waals surface area contributed by atoms with Crippen LogP contribution in [0.25, 0.3) is 11.3 Å². The van der Waals surface area contributed by atoms with Crippen molar-refractivity contribution >= 4 is 5.91 Å². The minimum Gasteiger partial charge on any atom is -0.355 e. The van der Waals surface area contributed by atoms with Crippen molar-refractivity contribution in [1.82, 2.24) is 10.3 Å². The second-order valence-corrected chi connectivity index (χ2v) is 4.50. The van der Waals surface area contributed by atoms with Gasteiger partial charge in [0, 0.05) is 18.8 Å². The Hall–Kier alpha value is -2.42. The maximum Gasteiger partial charge on any atom is 0.253 e. The molecule has 0 radical (unpaired) electrons. The van der Waals surface area contributed by atoms with Crippen LogP contribution in [0.5, 0.6) is 0 Å². The third-order valence-electron chi connectivity index (χ3n) is 2.68. The van der Waals surface area contributed by atoms with E-state index in [1.165, 1.54) is 6.42 Å². The Balaban J connectivity index is 0.000000789. The van der Waals surface area contributed by atoms with Crippen molar-refractivity contribution in [2.75, 3.05) is 7.05 Å². The molecule has 0 fully saturated rings. The Morgan fingerprint density at radius 2 is 1.73 bits per heavy atom. The Labute approximate surface area is 134 Å². The molecular weight excluding hydrogens is 272 g/mol. The second-order valence-electron chi connectivity index (χ2n) is 4.50. The summed E-state index contributed by atoms with van der Waals surface area (Å²) in [6.07, 6.45) is 2.95. The first-order valence-electron chi connectivity index (χ1n) is 7.38. The minimum atomic E-state index is -0.114. The van der Waals surface area contributed by atoms with Crippen molar-refractivity contribution in [2.45, 2.75) is 27.2 Å². The van der Waals surface area contributed by atoms with E-state index in [4.69, 9.17) is 0 Å².